The molecular weight excluding hydrogens is 320 g/mol. The maximum atomic E-state index is 11.8. The molecule has 0 unspecified atom stereocenters. The van der Waals surface area contributed by atoms with Gasteiger partial charge in [0.15, 0.2) is 5.12 Å². The van der Waals surface area contributed by atoms with Crippen molar-refractivity contribution >= 4 is 16.9 Å². The first-order valence-corrected chi connectivity index (χ1v) is 8.99. The summed E-state index contributed by atoms with van der Waals surface area (Å²) in [6.45, 7) is 6.42. The summed E-state index contributed by atoms with van der Waals surface area (Å²) in [5.41, 5.74) is 3.32. The van der Waals surface area contributed by atoms with Gasteiger partial charge in [0.25, 0.3) is 0 Å². The Morgan fingerprint density at radius 3 is 2.54 bits per heavy atom. The van der Waals surface area contributed by atoms with E-state index in [1.54, 1.807) is 7.11 Å². The Kier molecular flexibility index (Phi) is 6.73. The van der Waals surface area contributed by atoms with Gasteiger partial charge < -0.3 is 9.47 Å². The molecule has 128 valence electrons. The Hall–Kier alpha value is -1.94. The smallest absolute Gasteiger partial charge is 0.193 e. The molecule has 0 saturated heterocycles. The first kappa shape index (κ1) is 18.4. The average molecular weight is 344 g/mol. The van der Waals surface area contributed by atoms with E-state index in [9.17, 15) is 4.79 Å². The third kappa shape index (κ3) is 4.54. The van der Waals surface area contributed by atoms with Crippen molar-refractivity contribution in [2.24, 2.45) is 0 Å². The van der Waals surface area contributed by atoms with Crippen LogP contribution in [0.3, 0.4) is 0 Å². The van der Waals surface area contributed by atoms with Gasteiger partial charge in [-0.15, -0.1) is 0 Å². The van der Waals surface area contributed by atoms with Gasteiger partial charge in [0, 0.05) is 16.9 Å². The largest absolute Gasteiger partial charge is 0.496 e. The number of thioether (sulfide) groups is 1. The number of rotatable bonds is 7. The van der Waals surface area contributed by atoms with Crippen LogP contribution in [0.25, 0.3) is 0 Å². The molecule has 4 heteroatoms. The van der Waals surface area contributed by atoms with Gasteiger partial charge in [0.05, 0.1) is 7.11 Å². The van der Waals surface area contributed by atoms with Gasteiger partial charge in [-0.3, -0.25) is 4.79 Å². The summed E-state index contributed by atoms with van der Waals surface area (Å²) in [4.78, 5) is 12.7. The van der Waals surface area contributed by atoms with Gasteiger partial charge in [0.1, 0.15) is 18.1 Å². The molecule has 0 amide bonds. The van der Waals surface area contributed by atoms with Crippen LogP contribution < -0.4 is 9.47 Å². The highest BCUT2D eigenvalue weighted by molar-refractivity contribution is 8.13. The number of hydrogen-bond donors (Lipinski definition) is 0. The van der Waals surface area contributed by atoms with Crippen molar-refractivity contribution in [3.8, 4) is 11.5 Å². The number of hydrogen-bond acceptors (Lipinski definition) is 4. The molecule has 0 bridgehead atoms. The summed E-state index contributed by atoms with van der Waals surface area (Å²) in [7, 11) is 1.64. The summed E-state index contributed by atoms with van der Waals surface area (Å²) in [6.07, 6.45) is 1.51. The molecule has 0 N–H and O–H groups in total. The zero-order valence-corrected chi connectivity index (χ0v) is 15.5. The highest BCUT2D eigenvalue weighted by Crippen LogP contribution is 2.32. The predicted molar refractivity (Wildman–Crippen MR) is 99.0 cm³/mol. The lowest BCUT2D eigenvalue weighted by Crippen LogP contribution is -2.03. The van der Waals surface area contributed by atoms with Gasteiger partial charge in [0.2, 0.25) is 0 Å². The molecule has 0 fully saturated rings. The maximum Gasteiger partial charge on any atom is 0.193 e. The van der Waals surface area contributed by atoms with E-state index in [0.717, 1.165) is 33.9 Å². The van der Waals surface area contributed by atoms with E-state index in [2.05, 4.69) is 19.1 Å². The van der Waals surface area contributed by atoms with Crippen LogP contribution in [-0.2, 0) is 17.8 Å². The zero-order chi connectivity index (χ0) is 17.5. The fraction of sp³-hybridized carbons (Fsp3) is 0.350. The molecular formula is C20H24O3S. The maximum absolute atomic E-state index is 11.8. The number of carbonyl (C=O) groups excluding carboxylic acids is 1. The fourth-order valence-electron chi connectivity index (χ4n) is 2.41. The molecule has 0 saturated carbocycles. The Morgan fingerprint density at radius 1 is 1.12 bits per heavy atom. The second-order valence-corrected chi connectivity index (χ2v) is 6.61. The molecule has 0 aliphatic carbocycles. The van der Waals surface area contributed by atoms with Crippen LogP contribution in [0, 0.1) is 6.92 Å². The third-order valence-electron chi connectivity index (χ3n) is 3.84. The quantitative estimate of drug-likeness (QED) is 0.649. The van der Waals surface area contributed by atoms with Crippen LogP contribution in [0.4, 0.5) is 0 Å². The molecule has 2 rings (SSSR count). The molecule has 3 nitrogen and oxygen atoms in total. The highest BCUT2D eigenvalue weighted by atomic mass is 32.2. The average Bonchev–Trinajstić information content (AvgIpc) is 2.60. The van der Waals surface area contributed by atoms with E-state index in [1.807, 2.05) is 38.1 Å². The van der Waals surface area contributed by atoms with Crippen LogP contribution in [0.15, 0.2) is 41.3 Å². The Bertz CT molecular complexity index is 710. The Labute approximate surface area is 148 Å². The summed E-state index contributed by atoms with van der Waals surface area (Å²) in [6, 6.07) is 12.0. The normalized spacial score (nSPS) is 10.5. The lowest BCUT2D eigenvalue weighted by Gasteiger charge is -2.15. The van der Waals surface area contributed by atoms with Crippen LogP contribution in [-0.4, -0.2) is 12.2 Å². The minimum Gasteiger partial charge on any atom is -0.496 e. The van der Waals surface area contributed by atoms with Crippen molar-refractivity contribution in [3.63, 3.8) is 0 Å². The summed E-state index contributed by atoms with van der Waals surface area (Å²) in [5, 5.41) is 0.132. The van der Waals surface area contributed by atoms with Crippen molar-refractivity contribution < 1.29 is 14.3 Å². The topological polar surface area (TPSA) is 35.5 Å². The van der Waals surface area contributed by atoms with E-state index in [0.29, 0.717) is 13.0 Å². The van der Waals surface area contributed by atoms with Crippen LogP contribution in [0.1, 0.15) is 37.0 Å². The van der Waals surface area contributed by atoms with Gasteiger partial charge in [-0.25, -0.2) is 0 Å². The monoisotopic (exact) mass is 344 g/mol. The first-order valence-electron chi connectivity index (χ1n) is 8.17. The van der Waals surface area contributed by atoms with E-state index < -0.39 is 0 Å². The molecule has 0 aliphatic rings. The zero-order valence-electron chi connectivity index (χ0n) is 14.7. The first-order chi connectivity index (χ1) is 11.6. The van der Waals surface area contributed by atoms with Gasteiger partial charge in [-0.05, 0) is 42.7 Å². The number of benzene rings is 2. The second-order valence-electron chi connectivity index (χ2n) is 5.51. The van der Waals surface area contributed by atoms with Crippen molar-refractivity contribution in [2.75, 3.05) is 7.11 Å². The molecule has 24 heavy (non-hydrogen) atoms. The van der Waals surface area contributed by atoms with Crippen LogP contribution in [0.2, 0.25) is 0 Å². The molecule has 0 heterocycles. The van der Waals surface area contributed by atoms with E-state index >= 15 is 0 Å². The predicted octanol–water partition coefficient (Wildman–Crippen LogP) is 5.17. The van der Waals surface area contributed by atoms with Crippen molar-refractivity contribution in [3.05, 3.63) is 53.1 Å². The Morgan fingerprint density at radius 2 is 1.92 bits per heavy atom. The van der Waals surface area contributed by atoms with Crippen LogP contribution in [0.5, 0.6) is 11.5 Å². The van der Waals surface area contributed by atoms with Gasteiger partial charge in [-0.1, -0.05) is 43.8 Å². The second kappa shape index (κ2) is 8.78. The van der Waals surface area contributed by atoms with E-state index in [1.165, 1.54) is 17.3 Å². The molecule has 2 aromatic carbocycles. The Balaban J connectivity index is 2.23. The SMILES string of the molecule is CCC(=O)Sc1cccc(OC)c1COc1ccc(CC)cc1C. The molecule has 0 spiro atoms. The van der Waals surface area contributed by atoms with Crippen LogP contribution >= 0.6 is 11.8 Å². The highest BCUT2D eigenvalue weighted by Gasteiger charge is 2.14. The van der Waals surface area contributed by atoms with Gasteiger partial charge in [-0.2, -0.15) is 0 Å². The third-order valence-corrected chi connectivity index (χ3v) is 4.96. The molecule has 0 atom stereocenters. The molecule has 0 radical (unpaired) electrons. The summed E-state index contributed by atoms with van der Waals surface area (Å²) < 4.78 is 11.5. The van der Waals surface area contributed by atoms with Crippen molar-refractivity contribution in [1.82, 2.24) is 0 Å². The number of carbonyl (C=O) groups is 1. The number of ether oxygens (including phenoxy) is 2. The number of methoxy groups -OCH3 is 1. The lowest BCUT2D eigenvalue weighted by atomic mass is 10.1. The molecule has 2 aromatic rings. The lowest BCUT2D eigenvalue weighted by molar-refractivity contribution is -0.110. The molecule has 0 aromatic heterocycles. The standard InChI is InChI=1S/C20H24O3S/c1-5-15-10-11-17(14(3)12-15)23-13-16-18(22-4)8-7-9-19(16)24-20(21)6-2/h7-12H,5-6,13H2,1-4H3. The van der Waals surface area contributed by atoms with Gasteiger partial charge >= 0.3 is 0 Å². The minimum absolute atomic E-state index is 0.132. The minimum atomic E-state index is 0.132. The molecule has 0 aliphatic heterocycles. The van der Waals surface area contributed by atoms with Crippen molar-refractivity contribution in [1.29, 1.82) is 0 Å². The van der Waals surface area contributed by atoms with Crippen molar-refractivity contribution in [2.45, 2.75) is 45.1 Å². The van der Waals surface area contributed by atoms with E-state index in [4.69, 9.17) is 9.47 Å². The van der Waals surface area contributed by atoms with E-state index in [-0.39, 0.29) is 5.12 Å². The number of aryl methyl sites for hydroxylation is 2. The summed E-state index contributed by atoms with van der Waals surface area (Å²) in [5.74, 6) is 1.60. The summed E-state index contributed by atoms with van der Waals surface area (Å²) >= 11 is 1.25. The fourth-order valence-corrected chi connectivity index (χ4v) is 3.23.